The van der Waals surface area contributed by atoms with Crippen molar-refractivity contribution in [1.82, 2.24) is 0 Å². The third kappa shape index (κ3) is 2.54. The molecule has 11 heavy (non-hydrogen) atoms. The summed E-state index contributed by atoms with van der Waals surface area (Å²) in [7, 11) is 0. The second-order valence-corrected chi connectivity index (χ2v) is 3.64. The molecule has 0 amide bonds. The van der Waals surface area contributed by atoms with Crippen LogP contribution in [0.2, 0.25) is 0 Å². The summed E-state index contributed by atoms with van der Waals surface area (Å²) in [6.45, 7) is -0.276. The second kappa shape index (κ2) is 4.38. The number of rotatable bonds is 3. The molecule has 0 aromatic heterocycles. The summed E-state index contributed by atoms with van der Waals surface area (Å²) >= 11 is -1.10. The molecule has 0 bridgehead atoms. The van der Waals surface area contributed by atoms with Crippen LogP contribution in [-0.4, -0.2) is 16.9 Å². The third-order valence-electron chi connectivity index (χ3n) is 1.27. The Bertz CT molecular complexity index is 201. The standard InChI is InChI=1S/C8H9O2S/c9-6-7-11(10)8-4-2-1-3-5-8/h1-5H,6-7H2. The smallest absolute Gasteiger partial charge is 0.152 e. The van der Waals surface area contributed by atoms with E-state index in [1.807, 2.05) is 18.2 Å². The van der Waals surface area contributed by atoms with E-state index in [-0.39, 0.29) is 12.4 Å². The van der Waals surface area contributed by atoms with Crippen LogP contribution in [0.3, 0.4) is 0 Å². The Balaban J connectivity index is 2.61. The molecule has 3 heteroatoms. The van der Waals surface area contributed by atoms with Gasteiger partial charge >= 0.3 is 0 Å². The first-order valence-electron chi connectivity index (χ1n) is 3.36. The average molecular weight is 169 g/mol. The van der Waals surface area contributed by atoms with Crippen LogP contribution < -0.4 is 0 Å². The largest absolute Gasteiger partial charge is 0.611 e. The SMILES string of the molecule is [O]CC[S+]([O-])c1ccccc1. The topological polar surface area (TPSA) is 43.0 Å². The zero-order valence-electron chi connectivity index (χ0n) is 6.03. The van der Waals surface area contributed by atoms with Crippen LogP contribution in [0.15, 0.2) is 35.2 Å². The zero-order valence-corrected chi connectivity index (χ0v) is 6.84. The third-order valence-corrected chi connectivity index (χ3v) is 2.61. The van der Waals surface area contributed by atoms with Crippen molar-refractivity contribution in [2.75, 3.05) is 12.4 Å². The predicted octanol–water partition coefficient (Wildman–Crippen LogP) is 1.22. The molecule has 0 saturated carbocycles. The maximum Gasteiger partial charge on any atom is 0.152 e. The Labute approximate surface area is 69.0 Å². The van der Waals surface area contributed by atoms with E-state index in [1.165, 1.54) is 0 Å². The Hall–Kier alpha value is -0.510. The van der Waals surface area contributed by atoms with Gasteiger partial charge in [-0.05, 0) is 23.3 Å². The van der Waals surface area contributed by atoms with Crippen molar-refractivity contribution in [1.29, 1.82) is 0 Å². The highest BCUT2D eigenvalue weighted by molar-refractivity contribution is 7.91. The van der Waals surface area contributed by atoms with E-state index in [0.717, 1.165) is 4.90 Å². The lowest BCUT2D eigenvalue weighted by molar-refractivity contribution is 0.213. The lowest BCUT2D eigenvalue weighted by Crippen LogP contribution is -2.08. The maximum atomic E-state index is 11.2. The molecule has 0 N–H and O–H groups in total. The van der Waals surface area contributed by atoms with Gasteiger partial charge in [-0.25, -0.2) is 5.11 Å². The van der Waals surface area contributed by atoms with Gasteiger partial charge in [0.2, 0.25) is 0 Å². The summed E-state index contributed by atoms with van der Waals surface area (Å²) in [6.07, 6.45) is 0. The lowest BCUT2D eigenvalue weighted by atomic mass is 10.4. The van der Waals surface area contributed by atoms with Crippen LogP contribution in [0.5, 0.6) is 0 Å². The molecule has 0 heterocycles. The minimum atomic E-state index is -1.10. The molecule has 0 aliphatic rings. The van der Waals surface area contributed by atoms with Crippen molar-refractivity contribution in [3.8, 4) is 0 Å². The monoisotopic (exact) mass is 169 g/mol. The molecule has 0 spiro atoms. The van der Waals surface area contributed by atoms with Gasteiger partial charge in [0.05, 0.1) is 0 Å². The molecular weight excluding hydrogens is 160 g/mol. The first kappa shape index (κ1) is 8.59. The van der Waals surface area contributed by atoms with Gasteiger partial charge in [0.1, 0.15) is 12.4 Å². The van der Waals surface area contributed by atoms with Gasteiger partial charge in [0.15, 0.2) is 4.90 Å². The van der Waals surface area contributed by atoms with Crippen LogP contribution in [0, 0.1) is 0 Å². The lowest BCUT2D eigenvalue weighted by Gasteiger charge is -2.06. The highest BCUT2D eigenvalue weighted by Gasteiger charge is 2.07. The van der Waals surface area contributed by atoms with Crippen molar-refractivity contribution in [3.63, 3.8) is 0 Å². The molecule has 0 saturated heterocycles. The number of benzene rings is 1. The molecule has 1 rings (SSSR count). The first-order valence-corrected chi connectivity index (χ1v) is 4.68. The van der Waals surface area contributed by atoms with E-state index in [4.69, 9.17) is 0 Å². The zero-order chi connectivity index (χ0) is 8.10. The van der Waals surface area contributed by atoms with Crippen molar-refractivity contribution >= 4 is 11.2 Å². The van der Waals surface area contributed by atoms with E-state index >= 15 is 0 Å². The normalized spacial score (nSPS) is 12.9. The fourth-order valence-electron chi connectivity index (χ4n) is 0.766. The predicted molar refractivity (Wildman–Crippen MR) is 43.3 cm³/mol. The molecule has 1 aromatic carbocycles. The minimum absolute atomic E-state index is 0.212. The van der Waals surface area contributed by atoms with Gasteiger partial charge in [0.25, 0.3) is 0 Å². The molecule has 0 aliphatic heterocycles. The first-order chi connectivity index (χ1) is 5.34. The van der Waals surface area contributed by atoms with E-state index in [1.54, 1.807) is 12.1 Å². The molecule has 1 radical (unpaired) electrons. The fourth-order valence-corrected chi connectivity index (χ4v) is 1.61. The van der Waals surface area contributed by atoms with Gasteiger partial charge in [-0.15, -0.1) is 0 Å². The highest BCUT2D eigenvalue weighted by Crippen LogP contribution is 2.08. The molecule has 1 unspecified atom stereocenters. The molecule has 0 fully saturated rings. The van der Waals surface area contributed by atoms with Gasteiger partial charge in [0, 0.05) is 0 Å². The van der Waals surface area contributed by atoms with E-state index < -0.39 is 11.2 Å². The number of hydrogen-bond donors (Lipinski definition) is 0. The van der Waals surface area contributed by atoms with Crippen molar-refractivity contribution < 1.29 is 9.66 Å². The quantitative estimate of drug-likeness (QED) is 0.627. The Morgan fingerprint density at radius 3 is 2.45 bits per heavy atom. The molecular formula is C8H9O2S. The van der Waals surface area contributed by atoms with Gasteiger partial charge < -0.3 is 4.55 Å². The van der Waals surface area contributed by atoms with E-state index in [2.05, 4.69) is 0 Å². The molecule has 1 atom stereocenters. The van der Waals surface area contributed by atoms with Crippen molar-refractivity contribution in [2.45, 2.75) is 4.90 Å². The highest BCUT2D eigenvalue weighted by atomic mass is 32.2. The maximum absolute atomic E-state index is 11.2. The summed E-state index contributed by atoms with van der Waals surface area (Å²) in [5.41, 5.74) is 0. The van der Waals surface area contributed by atoms with Crippen LogP contribution in [-0.2, 0) is 16.3 Å². The summed E-state index contributed by atoms with van der Waals surface area (Å²) in [4.78, 5) is 0.739. The summed E-state index contributed by atoms with van der Waals surface area (Å²) in [5, 5.41) is 10.1. The fraction of sp³-hybridized carbons (Fsp3) is 0.250. The minimum Gasteiger partial charge on any atom is -0.611 e. The van der Waals surface area contributed by atoms with Crippen LogP contribution in [0.25, 0.3) is 0 Å². The molecule has 2 nitrogen and oxygen atoms in total. The Kier molecular flexibility index (Phi) is 3.42. The van der Waals surface area contributed by atoms with Crippen LogP contribution in [0.1, 0.15) is 0 Å². The Morgan fingerprint density at radius 2 is 1.91 bits per heavy atom. The molecule has 0 aliphatic carbocycles. The van der Waals surface area contributed by atoms with Gasteiger partial charge in [-0.3, -0.25) is 0 Å². The second-order valence-electron chi connectivity index (χ2n) is 2.07. The summed E-state index contributed by atoms with van der Waals surface area (Å²) in [5.74, 6) is 0.212. The molecule has 59 valence electrons. The van der Waals surface area contributed by atoms with Gasteiger partial charge in [-0.2, -0.15) is 0 Å². The number of hydrogen-bond acceptors (Lipinski definition) is 1. The Morgan fingerprint density at radius 1 is 1.27 bits per heavy atom. The van der Waals surface area contributed by atoms with Crippen LogP contribution >= 0.6 is 0 Å². The van der Waals surface area contributed by atoms with E-state index in [9.17, 15) is 9.66 Å². The van der Waals surface area contributed by atoms with Crippen molar-refractivity contribution in [2.24, 2.45) is 0 Å². The van der Waals surface area contributed by atoms with Gasteiger partial charge in [-0.1, -0.05) is 18.2 Å². The van der Waals surface area contributed by atoms with Crippen LogP contribution in [0.4, 0.5) is 0 Å². The van der Waals surface area contributed by atoms with E-state index in [0.29, 0.717) is 0 Å². The summed E-state index contributed by atoms with van der Waals surface area (Å²) in [6, 6.07) is 9.03. The molecule has 1 aromatic rings. The summed E-state index contributed by atoms with van der Waals surface area (Å²) < 4.78 is 11.2. The average Bonchev–Trinajstić information content (AvgIpc) is 2.07. The van der Waals surface area contributed by atoms with Crippen molar-refractivity contribution in [3.05, 3.63) is 30.3 Å².